The van der Waals surface area contributed by atoms with Crippen molar-refractivity contribution in [2.75, 3.05) is 13.2 Å². The zero-order chi connectivity index (χ0) is 26.1. The van der Waals surface area contributed by atoms with E-state index in [0.717, 1.165) is 11.1 Å². The number of carbonyl (C=O) groups excluding carboxylic acids is 3. The number of aliphatic hydroxyl groups excluding tert-OH is 2. The van der Waals surface area contributed by atoms with Crippen LogP contribution in [0.1, 0.15) is 61.1 Å². The molecule has 0 saturated heterocycles. The van der Waals surface area contributed by atoms with Gasteiger partial charge in [0, 0.05) is 21.8 Å². The second kappa shape index (κ2) is 14.5. The Kier molecular flexibility index (Phi) is 12.5. The van der Waals surface area contributed by atoms with Gasteiger partial charge < -0.3 is 26.5 Å². The lowest BCUT2D eigenvalue weighted by Crippen LogP contribution is -2.33. The Hall–Kier alpha value is -3.07. The predicted octanol–water partition coefficient (Wildman–Crippen LogP) is 2.86. The van der Waals surface area contributed by atoms with Crippen LogP contribution in [0.15, 0.2) is 36.4 Å². The third kappa shape index (κ3) is 8.55. The van der Waals surface area contributed by atoms with Crippen molar-refractivity contribution in [1.82, 2.24) is 0 Å². The van der Waals surface area contributed by atoms with Crippen molar-refractivity contribution < 1.29 is 38.0 Å². The van der Waals surface area contributed by atoms with Gasteiger partial charge in [0.2, 0.25) is 5.91 Å². The number of ketones is 2. The summed E-state index contributed by atoms with van der Waals surface area (Å²) in [6, 6.07) is 11.8. The molecule has 7 N–H and O–H groups in total. The van der Waals surface area contributed by atoms with Gasteiger partial charge in [0.1, 0.15) is 11.5 Å². The average molecular weight is 506 g/mol. The highest BCUT2D eigenvalue weighted by molar-refractivity contribution is 6.01. The first-order valence-electron chi connectivity index (χ1n) is 12.0. The summed E-state index contributed by atoms with van der Waals surface area (Å²) in [7, 11) is 0. The molecule has 8 heteroatoms. The molecule has 0 radical (unpaired) electrons. The molecule has 0 fully saturated rings. The highest BCUT2D eigenvalue weighted by Crippen LogP contribution is 2.37. The Balaban J connectivity index is 0. The highest BCUT2D eigenvalue weighted by Gasteiger charge is 2.34. The van der Waals surface area contributed by atoms with Crippen LogP contribution < -0.4 is 5.73 Å². The standard InChI is InChI=1S/C20H27NO6.C8H10.H2O.2H2/c1-11-2-3-16(24)20-14(11)7-12(8-18(20)26)6-13(4-5-22)15(10-23)17(25)9-19(21)27;1-7-3-5-8(2)6-4-7;;;/h2-3,12-13,15,22-24H,4-10H2,1H3,(H2,21,27);3-6H,1-2H3;1H2;2*1H. The van der Waals surface area contributed by atoms with Crippen molar-refractivity contribution in [3.8, 4) is 5.75 Å². The number of carbonyl (C=O) groups is 3. The molecule has 0 saturated carbocycles. The summed E-state index contributed by atoms with van der Waals surface area (Å²) in [6.45, 7) is 5.47. The number of aryl methyl sites for hydroxylation is 3. The van der Waals surface area contributed by atoms with Crippen LogP contribution in [0.4, 0.5) is 0 Å². The topological polar surface area (TPSA) is 169 Å². The Morgan fingerprint density at radius 3 is 2.11 bits per heavy atom. The second-order valence-corrected chi connectivity index (χ2v) is 9.51. The molecule has 0 aliphatic heterocycles. The molecule has 0 spiro atoms. The van der Waals surface area contributed by atoms with E-state index in [1.54, 1.807) is 6.07 Å². The maximum atomic E-state index is 12.5. The molecule has 2 aromatic rings. The second-order valence-electron chi connectivity index (χ2n) is 9.51. The number of nitrogens with two attached hydrogens (primary N) is 1. The molecule has 3 unspecified atom stereocenters. The number of aliphatic hydroxyl groups is 2. The number of Topliss-reactive ketones (excluding diaryl/α,β-unsaturated/α-hetero) is 2. The quantitative estimate of drug-likeness (QED) is 0.382. The van der Waals surface area contributed by atoms with Crippen LogP contribution in [0.3, 0.4) is 0 Å². The first-order valence-corrected chi connectivity index (χ1v) is 12.0. The van der Waals surface area contributed by atoms with Gasteiger partial charge in [0.05, 0.1) is 18.6 Å². The zero-order valence-corrected chi connectivity index (χ0v) is 21.3. The Morgan fingerprint density at radius 2 is 1.61 bits per heavy atom. The zero-order valence-electron chi connectivity index (χ0n) is 21.3. The Morgan fingerprint density at radius 1 is 1.03 bits per heavy atom. The average Bonchev–Trinajstić information content (AvgIpc) is 2.78. The first kappa shape index (κ1) is 31.0. The van der Waals surface area contributed by atoms with Crippen molar-refractivity contribution >= 4 is 17.5 Å². The van der Waals surface area contributed by atoms with E-state index < -0.39 is 30.6 Å². The summed E-state index contributed by atoms with van der Waals surface area (Å²) in [6.07, 6.45) is 1.09. The number of phenolic OH excluding ortho intramolecular Hbond substituents is 1. The van der Waals surface area contributed by atoms with Gasteiger partial charge in [-0.3, -0.25) is 14.4 Å². The normalized spacial score (nSPS) is 16.0. The summed E-state index contributed by atoms with van der Waals surface area (Å²) in [5, 5.41) is 29.1. The van der Waals surface area contributed by atoms with Gasteiger partial charge in [-0.15, -0.1) is 0 Å². The minimum atomic E-state index is -0.800. The Bertz CT molecular complexity index is 1020. The summed E-state index contributed by atoms with van der Waals surface area (Å²) in [5.74, 6) is -2.59. The lowest BCUT2D eigenvalue weighted by atomic mass is 9.73. The number of phenols is 1. The Labute approximate surface area is 215 Å². The van der Waals surface area contributed by atoms with Gasteiger partial charge in [-0.1, -0.05) is 41.5 Å². The van der Waals surface area contributed by atoms with Crippen LogP contribution in [0.5, 0.6) is 5.75 Å². The van der Waals surface area contributed by atoms with Crippen LogP contribution in [-0.4, -0.2) is 51.5 Å². The van der Waals surface area contributed by atoms with Crippen LogP contribution in [-0.2, 0) is 16.0 Å². The minimum absolute atomic E-state index is 0. The molecule has 2 aromatic carbocycles. The van der Waals surface area contributed by atoms with E-state index in [0.29, 0.717) is 18.4 Å². The van der Waals surface area contributed by atoms with Crippen LogP contribution in [0.25, 0.3) is 0 Å². The van der Waals surface area contributed by atoms with Crippen molar-refractivity contribution in [1.29, 1.82) is 0 Å². The first-order chi connectivity index (χ1) is 16.6. The lowest BCUT2D eigenvalue weighted by Gasteiger charge is -2.31. The third-order valence-corrected chi connectivity index (χ3v) is 6.65. The van der Waals surface area contributed by atoms with Crippen LogP contribution in [0, 0.1) is 38.5 Å². The molecule has 1 amide bonds. The summed E-state index contributed by atoms with van der Waals surface area (Å²) in [4.78, 5) is 35.9. The molecule has 202 valence electrons. The van der Waals surface area contributed by atoms with E-state index in [1.807, 2.05) is 6.92 Å². The van der Waals surface area contributed by atoms with Gasteiger partial charge in [-0.05, 0) is 69.1 Å². The monoisotopic (exact) mass is 505 g/mol. The van der Waals surface area contributed by atoms with Gasteiger partial charge in [0.25, 0.3) is 0 Å². The number of hydrogen-bond acceptors (Lipinski definition) is 6. The molecule has 0 bridgehead atoms. The maximum absolute atomic E-state index is 12.5. The minimum Gasteiger partial charge on any atom is -0.507 e. The highest BCUT2D eigenvalue weighted by atomic mass is 16.3. The fraction of sp³-hybridized carbons (Fsp3) is 0.464. The molecule has 1 aliphatic rings. The number of hydrogen-bond donors (Lipinski definition) is 4. The molecule has 0 aromatic heterocycles. The third-order valence-electron chi connectivity index (χ3n) is 6.65. The largest absolute Gasteiger partial charge is 0.507 e. The molecule has 3 atom stereocenters. The van der Waals surface area contributed by atoms with Gasteiger partial charge in [-0.25, -0.2) is 0 Å². The fourth-order valence-corrected chi connectivity index (χ4v) is 4.74. The molecular formula is C28H43NO7. The summed E-state index contributed by atoms with van der Waals surface area (Å²) >= 11 is 0. The van der Waals surface area contributed by atoms with Crippen molar-refractivity contribution in [2.24, 2.45) is 23.5 Å². The molecular weight excluding hydrogens is 462 g/mol. The SMILES string of the molecule is Cc1ccc(C)cc1.Cc1ccc(O)c2c1CC(CC(CCO)C(CO)C(=O)CC(N)=O)CC2=O.O.[HH].[HH]. The van der Waals surface area contributed by atoms with Gasteiger partial charge in [-0.2, -0.15) is 0 Å². The van der Waals surface area contributed by atoms with E-state index in [1.165, 1.54) is 17.2 Å². The summed E-state index contributed by atoms with van der Waals surface area (Å²) < 4.78 is 0. The van der Waals surface area contributed by atoms with Crippen molar-refractivity contribution in [3.63, 3.8) is 0 Å². The fourth-order valence-electron chi connectivity index (χ4n) is 4.74. The van der Waals surface area contributed by atoms with Gasteiger partial charge in [0.15, 0.2) is 5.78 Å². The van der Waals surface area contributed by atoms with Crippen molar-refractivity contribution in [3.05, 3.63) is 64.2 Å². The molecule has 3 rings (SSSR count). The summed E-state index contributed by atoms with van der Waals surface area (Å²) in [5.41, 5.74) is 9.84. The number of fused-ring (bicyclic) bond motifs is 1. The number of primary amides is 1. The van der Waals surface area contributed by atoms with E-state index in [9.17, 15) is 29.7 Å². The van der Waals surface area contributed by atoms with E-state index in [4.69, 9.17) is 5.73 Å². The number of benzene rings is 2. The number of aromatic hydroxyl groups is 1. The number of amides is 1. The molecule has 8 nitrogen and oxygen atoms in total. The van der Waals surface area contributed by atoms with Crippen LogP contribution >= 0.6 is 0 Å². The van der Waals surface area contributed by atoms with Crippen LogP contribution in [0.2, 0.25) is 0 Å². The smallest absolute Gasteiger partial charge is 0.224 e. The van der Waals surface area contributed by atoms with E-state index >= 15 is 0 Å². The molecule has 1 aliphatic carbocycles. The predicted molar refractivity (Wildman–Crippen MR) is 142 cm³/mol. The lowest BCUT2D eigenvalue weighted by molar-refractivity contribution is -0.131. The molecule has 36 heavy (non-hydrogen) atoms. The van der Waals surface area contributed by atoms with E-state index in [2.05, 4.69) is 38.1 Å². The molecule has 0 heterocycles. The van der Waals surface area contributed by atoms with Gasteiger partial charge >= 0.3 is 0 Å². The maximum Gasteiger partial charge on any atom is 0.224 e. The van der Waals surface area contributed by atoms with E-state index in [-0.39, 0.29) is 51.1 Å². The van der Waals surface area contributed by atoms with Crippen molar-refractivity contribution in [2.45, 2.75) is 52.9 Å². The number of rotatable bonds is 9.